The Morgan fingerprint density at radius 1 is 0.469 bits per heavy atom. The molecule has 1 aliphatic carbocycles. The van der Waals surface area contributed by atoms with Crippen molar-refractivity contribution in [2.24, 2.45) is 55.2 Å². The normalized spacial score (nSPS) is 20.4. The molecular formula is C80H180O18. The molecule has 3 aliphatic heterocycles. The third-order valence-electron chi connectivity index (χ3n) is 20.3. The minimum atomic E-state index is -0.728. The lowest BCUT2D eigenvalue weighted by molar-refractivity contribution is -0.331. The third kappa shape index (κ3) is 41.3. The molecule has 4 fully saturated rings. The topological polar surface area (TPSA) is 252 Å². The fraction of sp³-hybridized carbons (Fsp3) is 0.950. The number of hydrogen-bond donors (Lipinski definition) is 5. The molecule has 3 heterocycles. The summed E-state index contributed by atoms with van der Waals surface area (Å²) in [4.78, 5) is 69.2. The van der Waals surface area contributed by atoms with Crippen LogP contribution in [0.3, 0.4) is 0 Å². The van der Waals surface area contributed by atoms with E-state index in [0.29, 0.717) is 52.1 Å². The van der Waals surface area contributed by atoms with Crippen molar-refractivity contribution in [3.05, 3.63) is 0 Å². The van der Waals surface area contributed by atoms with E-state index < -0.39 is 11.5 Å². The first-order chi connectivity index (χ1) is 39.9. The maximum Gasteiger partial charge on any atom is 0.314 e. The van der Waals surface area contributed by atoms with E-state index in [9.17, 15) is 24.4 Å². The molecule has 0 aromatic heterocycles. The third-order valence-corrected chi connectivity index (χ3v) is 20.3. The fourth-order valence-electron chi connectivity index (χ4n) is 12.0. The molecule has 5 N–H and O–H groups in total. The smallest absolute Gasteiger partial charge is 0.314 e. The van der Waals surface area contributed by atoms with Crippen molar-refractivity contribution in [3.63, 3.8) is 0 Å². The molecule has 0 amide bonds. The SMILES string of the molecule is C.C.C.C.C.C.C.C.C.C.C.C.CCC(C)(C)C(OO)C1(C)CCCCC1.CCC(C)(C)C(OO)C1(C)CCOC(=O)C1.CCC(C)(C)C(OO)C1(C)CCOC1=O.CCC(C)(C)C(OO)C1CCCCO1.CCCC(=O)C(C)C(C)C(=O)CCC.CCOCC(OO)C(C)(C)CC. The van der Waals surface area contributed by atoms with E-state index in [2.05, 4.69) is 81.9 Å². The Morgan fingerprint density at radius 2 is 0.857 bits per heavy atom. The van der Waals surface area contributed by atoms with Gasteiger partial charge in [-0.25, -0.2) is 24.4 Å². The number of esters is 2. The van der Waals surface area contributed by atoms with Crippen LogP contribution < -0.4 is 0 Å². The van der Waals surface area contributed by atoms with E-state index in [0.717, 1.165) is 70.8 Å². The van der Waals surface area contributed by atoms with Gasteiger partial charge in [0, 0.05) is 49.7 Å². The van der Waals surface area contributed by atoms with E-state index in [1.54, 1.807) is 6.92 Å². The lowest BCUT2D eigenvalue weighted by atomic mass is 9.63. The van der Waals surface area contributed by atoms with Gasteiger partial charge in [0.25, 0.3) is 0 Å². The average Bonchev–Trinajstić information content (AvgIpc) is 1.36. The molecule has 10 unspecified atom stereocenters. The maximum atomic E-state index is 11.6. The summed E-state index contributed by atoms with van der Waals surface area (Å²) in [5.74, 6) is -0.234. The maximum absolute atomic E-state index is 11.6. The van der Waals surface area contributed by atoms with Crippen molar-refractivity contribution < 1.29 is 88.8 Å². The van der Waals surface area contributed by atoms with E-state index in [1.165, 1.54) is 38.5 Å². The minimum absolute atomic E-state index is 0. The van der Waals surface area contributed by atoms with Crippen LogP contribution in [-0.2, 0) is 62.6 Å². The van der Waals surface area contributed by atoms with Crippen molar-refractivity contribution in [3.8, 4) is 0 Å². The van der Waals surface area contributed by atoms with E-state index in [1.807, 2.05) is 90.0 Å². The second kappa shape index (κ2) is 62.2. The van der Waals surface area contributed by atoms with Crippen molar-refractivity contribution in [2.45, 2.75) is 413 Å². The van der Waals surface area contributed by atoms with Gasteiger partial charge in [-0.3, -0.25) is 45.5 Å². The molecule has 0 bridgehead atoms. The summed E-state index contributed by atoms with van der Waals surface area (Å²) in [5.41, 5.74) is -1.35. The molecule has 0 aromatic carbocycles. The molecule has 18 nitrogen and oxygen atoms in total. The van der Waals surface area contributed by atoms with Crippen LogP contribution in [0.4, 0.5) is 0 Å². The number of ketones is 2. The van der Waals surface area contributed by atoms with Crippen LogP contribution in [0.15, 0.2) is 0 Å². The average molecular weight is 1430 g/mol. The van der Waals surface area contributed by atoms with Crippen molar-refractivity contribution in [1.82, 2.24) is 0 Å². The summed E-state index contributed by atoms with van der Waals surface area (Å²) in [6, 6.07) is 0. The predicted molar refractivity (Wildman–Crippen MR) is 420 cm³/mol. The van der Waals surface area contributed by atoms with Gasteiger partial charge in [0.1, 0.15) is 42.1 Å². The van der Waals surface area contributed by atoms with Crippen molar-refractivity contribution >= 4 is 23.5 Å². The van der Waals surface area contributed by atoms with Gasteiger partial charge >= 0.3 is 11.9 Å². The van der Waals surface area contributed by atoms with Crippen LogP contribution in [0.25, 0.3) is 0 Å². The summed E-state index contributed by atoms with van der Waals surface area (Å²) in [5, 5.41) is 45.0. The number of cyclic esters (lactones) is 2. The molecular weight excluding hydrogens is 1250 g/mol. The first-order valence-corrected chi connectivity index (χ1v) is 33.0. The molecule has 4 rings (SSSR count). The molecule has 98 heavy (non-hydrogen) atoms. The van der Waals surface area contributed by atoms with Gasteiger partial charge < -0.3 is 18.9 Å². The zero-order chi connectivity index (χ0) is 67.0. The molecule has 0 spiro atoms. The summed E-state index contributed by atoms with van der Waals surface area (Å²) in [7, 11) is 0. The van der Waals surface area contributed by atoms with Gasteiger partial charge in [0.05, 0.1) is 37.8 Å². The largest absolute Gasteiger partial charge is 0.466 e. The van der Waals surface area contributed by atoms with Crippen LogP contribution in [-0.4, -0.2) is 119 Å². The number of ether oxygens (including phenoxy) is 4. The molecule has 608 valence electrons. The van der Waals surface area contributed by atoms with Crippen molar-refractivity contribution in [2.75, 3.05) is 33.0 Å². The van der Waals surface area contributed by atoms with Gasteiger partial charge in [-0.15, -0.1) is 0 Å². The van der Waals surface area contributed by atoms with Gasteiger partial charge in [0.15, 0.2) is 0 Å². The number of carbonyl (C=O) groups excluding carboxylic acids is 4. The van der Waals surface area contributed by atoms with Crippen LogP contribution in [0.1, 0.15) is 377 Å². The van der Waals surface area contributed by atoms with Gasteiger partial charge in [-0.2, -0.15) is 0 Å². The van der Waals surface area contributed by atoms with Crippen molar-refractivity contribution in [1.29, 1.82) is 0 Å². The number of rotatable bonds is 29. The summed E-state index contributed by atoms with van der Waals surface area (Å²) in [6.07, 6.45) is 17.5. The summed E-state index contributed by atoms with van der Waals surface area (Å²) in [6.45, 7) is 49.5. The second-order valence-electron chi connectivity index (χ2n) is 29.2. The van der Waals surface area contributed by atoms with E-state index in [4.69, 9.17) is 44.9 Å². The zero-order valence-corrected chi connectivity index (χ0v) is 58.8. The quantitative estimate of drug-likeness (QED) is 0.0265. The first-order valence-electron chi connectivity index (χ1n) is 33.0. The highest BCUT2D eigenvalue weighted by molar-refractivity contribution is 5.89. The highest BCUT2D eigenvalue weighted by atomic mass is 17.1. The van der Waals surface area contributed by atoms with Crippen LogP contribution >= 0.6 is 0 Å². The Balaban J connectivity index is -0.0000000704. The zero-order valence-electron chi connectivity index (χ0n) is 58.8. The van der Waals surface area contributed by atoms with E-state index in [-0.39, 0.29) is 193 Å². The van der Waals surface area contributed by atoms with Gasteiger partial charge in [-0.05, 0) is 130 Å². The highest BCUT2D eigenvalue weighted by Crippen LogP contribution is 2.48. The number of Topliss-reactive ketones (excluding diaryl/α,β-unsaturated/α-hetero) is 2. The lowest BCUT2D eigenvalue weighted by Gasteiger charge is -2.46. The molecule has 3 saturated heterocycles. The first kappa shape index (κ1) is 129. The fourth-order valence-corrected chi connectivity index (χ4v) is 12.0. The molecule has 0 aromatic rings. The van der Waals surface area contributed by atoms with Crippen LogP contribution in [0, 0.1) is 55.2 Å². The van der Waals surface area contributed by atoms with E-state index >= 15 is 0 Å². The molecule has 10 atom stereocenters. The van der Waals surface area contributed by atoms with Crippen LogP contribution in [0.5, 0.6) is 0 Å². The second-order valence-corrected chi connectivity index (χ2v) is 29.2. The molecule has 18 heteroatoms. The Bertz CT molecular complexity index is 1820. The lowest BCUT2D eigenvalue weighted by Crippen LogP contribution is -2.48. The standard InChI is InChI=1S/C13H26O2.C12H22O4.C12H22O2.C11H20O4.C11H22O3.C9H20O3.12CH4/c1-5-12(2,3)11(15-14)13(4)9-7-6-8-10-13;1-5-11(2,3)10(16-14)12(4)6-7-15-9(13)8-12;1-5-7-11(13)9(3)10(4)12(14)8-6-2;1-5-10(2,3)8(15-13)11(4)6-7-14-9(11)12;1-4-11(2,3)10(14-12)9-7-5-6-8-13-9;1-5-9(3,4)8(12-10)7-11-6-2;;;;;;;;;;;;/h11,14H,5-10H2,1-4H3;10,14H,5-8H2,1-4H3;9-10H,5-8H2,1-4H3;8,13H,5-7H2,1-4H3;9-10,12H,4-8H2,1-3H3;8,10H,5-7H2,1-4H3;12*1H4. The Kier molecular flexibility index (Phi) is 81.7. The predicted octanol–water partition coefficient (Wildman–Crippen LogP) is 24.9. The molecule has 4 aliphatic rings. The summed E-state index contributed by atoms with van der Waals surface area (Å²) < 4.78 is 20.7. The number of hydrogen-bond acceptors (Lipinski definition) is 18. The number of carbonyl (C=O) groups is 4. The summed E-state index contributed by atoms with van der Waals surface area (Å²) >= 11 is 0. The minimum Gasteiger partial charge on any atom is -0.466 e. The Labute approximate surface area is 611 Å². The van der Waals surface area contributed by atoms with Gasteiger partial charge in [-0.1, -0.05) is 254 Å². The monoisotopic (exact) mass is 1430 g/mol. The van der Waals surface area contributed by atoms with Gasteiger partial charge in [0.2, 0.25) is 0 Å². The Hall–Kier alpha value is -2.20. The highest BCUT2D eigenvalue weighted by Gasteiger charge is 2.53. The molecule has 0 radical (unpaired) electrons. The van der Waals surface area contributed by atoms with Crippen LogP contribution in [0.2, 0.25) is 0 Å². The molecule has 1 saturated carbocycles. The Morgan fingerprint density at radius 3 is 1.16 bits per heavy atom.